The van der Waals surface area contributed by atoms with Crippen LogP contribution in [0, 0.1) is 66.6 Å². The van der Waals surface area contributed by atoms with E-state index in [0.717, 1.165) is 24.6 Å². The Hall–Kier alpha value is -2.77. The summed E-state index contributed by atoms with van der Waals surface area (Å²) >= 11 is 0. The molecule has 1 N–H and O–H groups in total. The Morgan fingerprint density at radius 3 is 2.24 bits per heavy atom. The fourth-order valence-corrected chi connectivity index (χ4v) is 7.57. The molecule has 8 nitrogen and oxygen atoms in total. The summed E-state index contributed by atoms with van der Waals surface area (Å²) in [4.78, 5) is 21.5. The van der Waals surface area contributed by atoms with Crippen LogP contribution in [0.3, 0.4) is 0 Å². The van der Waals surface area contributed by atoms with Gasteiger partial charge < -0.3 is 0 Å². The monoisotopic (exact) mass is 466 g/mol. The van der Waals surface area contributed by atoms with Gasteiger partial charge in [0.05, 0.1) is 21.6 Å². The molecule has 0 aromatic heterocycles. The van der Waals surface area contributed by atoms with Crippen molar-refractivity contribution in [2.24, 2.45) is 51.4 Å². The van der Waals surface area contributed by atoms with Crippen LogP contribution < -0.4 is 5.43 Å². The maximum atomic E-state index is 11.6. The van der Waals surface area contributed by atoms with Gasteiger partial charge in [0, 0.05) is 12.0 Å². The first-order valence-corrected chi connectivity index (χ1v) is 12.3. The van der Waals surface area contributed by atoms with Gasteiger partial charge in [0.2, 0.25) is 0 Å². The van der Waals surface area contributed by atoms with Gasteiger partial charge in [0.1, 0.15) is 5.69 Å². The van der Waals surface area contributed by atoms with Crippen molar-refractivity contribution in [3.05, 3.63) is 49.6 Å². The smallest absolute Gasteiger partial charge is 0.271 e. The van der Waals surface area contributed by atoms with Crippen molar-refractivity contribution in [1.29, 1.82) is 0 Å². The van der Waals surface area contributed by atoms with Gasteiger partial charge in [-0.25, -0.2) is 0 Å². The highest BCUT2D eigenvalue weighted by Crippen LogP contribution is 2.67. The zero-order valence-electron chi connectivity index (χ0n) is 20.8. The number of allylic oxidation sites excluding steroid dienone is 2. The van der Waals surface area contributed by atoms with E-state index in [4.69, 9.17) is 5.10 Å². The number of nitrogens with one attached hydrogen (secondary N) is 1. The van der Waals surface area contributed by atoms with Gasteiger partial charge in [-0.3, -0.25) is 25.7 Å². The fourth-order valence-electron chi connectivity index (χ4n) is 7.57. The van der Waals surface area contributed by atoms with E-state index in [1.165, 1.54) is 24.1 Å². The molecular weight excluding hydrogens is 432 g/mol. The average molecular weight is 467 g/mol. The van der Waals surface area contributed by atoms with E-state index in [1.807, 2.05) is 0 Å². The third kappa shape index (κ3) is 3.06. The zero-order chi connectivity index (χ0) is 24.7. The van der Waals surface area contributed by atoms with Gasteiger partial charge in [-0.1, -0.05) is 47.1 Å². The number of hydrogen-bond donors (Lipinski definition) is 1. The molecule has 0 spiro atoms. The number of fused-ring (bicyclic) bond motifs is 4. The van der Waals surface area contributed by atoms with Crippen LogP contribution in [0.25, 0.3) is 0 Å². The normalized spacial score (nSPS) is 38.0. The summed E-state index contributed by atoms with van der Waals surface area (Å²) < 4.78 is 0. The standard InChI is InChI=1S/C26H34N4O4/c1-13-17-9-15(25(13,3)4)10-19(17)23-20-12-18(14(2)26(20,5)6)24(23)28-27-21-8-7-16(29(31)32)11-22(21)30(33)34/h7-8,11,13-15,17-18,20,27H,9-10,12H2,1-6H3/b23-19-,28-24-/t13-,14-,15+,17-,18+,20-/m0/s1. The molecule has 1 aromatic carbocycles. The molecule has 4 aliphatic rings. The molecule has 0 unspecified atom stereocenters. The number of nitro benzene ring substituents is 2. The first-order chi connectivity index (χ1) is 15.9. The lowest BCUT2D eigenvalue weighted by molar-refractivity contribution is -0.393. The van der Waals surface area contributed by atoms with Gasteiger partial charge in [-0.2, -0.15) is 5.10 Å². The number of benzene rings is 1. The van der Waals surface area contributed by atoms with Crippen molar-refractivity contribution in [1.82, 2.24) is 0 Å². The minimum absolute atomic E-state index is 0.185. The van der Waals surface area contributed by atoms with Crippen molar-refractivity contribution in [3.63, 3.8) is 0 Å². The minimum atomic E-state index is -0.622. The van der Waals surface area contributed by atoms with E-state index < -0.39 is 9.85 Å². The summed E-state index contributed by atoms with van der Waals surface area (Å²) in [5, 5.41) is 27.5. The van der Waals surface area contributed by atoms with Crippen LogP contribution in [0.2, 0.25) is 0 Å². The topological polar surface area (TPSA) is 111 Å². The van der Waals surface area contributed by atoms with Crippen LogP contribution in [0.5, 0.6) is 0 Å². The highest BCUT2D eigenvalue weighted by molar-refractivity contribution is 6.07. The second-order valence-corrected chi connectivity index (χ2v) is 12.1. The lowest BCUT2D eigenvalue weighted by Gasteiger charge is -2.42. The number of rotatable bonds is 4. The highest BCUT2D eigenvalue weighted by Gasteiger charge is 2.60. The summed E-state index contributed by atoms with van der Waals surface area (Å²) in [5.41, 5.74) is 7.06. The van der Waals surface area contributed by atoms with Crippen LogP contribution in [-0.4, -0.2) is 15.6 Å². The Morgan fingerprint density at radius 1 is 0.971 bits per heavy atom. The largest absolute Gasteiger partial charge is 0.301 e. The molecule has 4 fully saturated rings. The third-order valence-electron chi connectivity index (χ3n) is 10.5. The van der Waals surface area contributed by atoms with Crippen LogP contribution in [0.4, 0.5) is 17.1 Å². The summed E-state index contributed by atoms with van der Waals surface area (Å²) in [7, 11) is 0. The quantitative estimate of drug-likeness (QED) is 0.398. The predicted molar refractivity (Wildman–Crippen MR) is 132 cm³/mol. The van der Waals surface area contributed by atoms with E-state index in [1.54, 1.807) is 5.57 Å². The average Bonchev–Trinajstić information content (AvgIpc) is 3.47. The Labute approximate surface area is 200 Å². The molecule has 1 aromatic rings. The molecule has 0 amide bonds. The van der Waals surface area contributed by atoms with Crippen LogP contribution >= 0.6 is 0 Å². The number of hydrazone groups is 1. The van der Waals surface area contributed by atoms with Crippen molar-refractivity contribution >= 4 is 22.8 Å². The maximum absolute atomic E-state index is 11.6. The van der Waals surface area contributed by atoms with Crippen LogP contribution in [-0.2, 0) is 0 Å². The van der Waals surface area contributed by atoms with Crippen molar-refractivity contribution in [2.75, 3.05) is 5.43 Å². The summed E-state index contributed by atoms with van der Waals surface area (Å²) in [5.74, 6) is 3.12. The van der Waals surface area contributed by atoms with E-state index in [9.17, 15) is 20.2 Å². The summed E-state index contributed by atoms with van der Waals surface area (Å²) in [6.07, 6.45) is 3.45. The van der Waals surface area contributed by atoms with Crippen molar-refractivity contribution in [2.45, 2.75) is 60.8 Å². The first kappa shape index (κ1) is 23.0. The van der Waals surface area contributed by atoms with Gasteiger partial charge in [-0.05, 0) is 71.3 Å². The van der Waals surface area contributed by atoms with E-state index in [0.29, 0.717) is 40.9 Å². The van der Waals surface area contributed by atoms with E-state index in [2.05, 4.69) is 47.0 Å². The second kappa shape index (κ2) is 7.36. The van der Waals surface area contributed by atoms with Gasteiger partial charge in [-0.15, -0.1) is 0 Å². The number of hydrogen-bond acceptors (Lipinski definition) is 6. The predicted octanol–water partition coefficient (Wildman–Crippen LogP) is 6.58. The van der Waals surface area contributed by atoms with Crippen molar-refractivity contribution < 1.29 is 9.85 Å². The molecule has 34 heavy (non-hydrogen) atoms. The Balaban J connectivity index is 1.56. The highest BCUT2D eigenvalue weighted by atomic mass is 16.6. The first-order valence-electron chi connectivity index (χ1n) is 12.3. The van der Waals surface area contributed by atoms with Crippen LogP contribution in [0.15, 0.2) is 34.4 Å². The lowest BCUT2D eigenvalue weighted by Crippen LogP contribution is -2.38. The third-order valence-corrected chi connectivity index (χ3v) is 10.5. The number of nitrogens with zero attached hydrogens (tertiary/aromatic N) is 3. The Kier molecular flexibility index (Phi) is 4.98. The van der Waals surface area contributed by atoms with Gasteiger partial charge in [0.15, 0.2) is 0 Å². The summed E-state index contributed by atoms with van der Waals surface area (Å²) in [6, 6.07) is 3.66. The molecule has 4 aliphatic carbocycles. The summed E-state index contributed by atoms with van der Waals surface area (Å²) in [6.45, 7) is 14.2. The molecule has 5 rings (SSSR count). The SMILES string of the molecule is C[C@H]1[C@@H]2C[C@H](C/C2=C2/C(=N\Nc3ccc([N+](=O)[O-])cc3[N+](=O)[O-])[C@@H]3C[C@@H]2C(C)(C)[C@H]3C)C1(C)C. The number of anilines is 1. The Morgan fingerprint density at radius 2 is 1.65 bits per heavy atom. The minimum Gasteiger partial charge on any atom is -0.271 e. The Bertz CT molecular complexity index is 1150. The fraction of sp³-hybridized carbons (Fsp3) is 0.654. The number of non-ortho nitro benzene ring substituents is 1. The molecule has 0 radical (unpaired) electrons. The van der Waals surface area contributed by atoms with Crippen molar-refractivity contribution in [3.8, 4) is 0 Å². The van der Waals surface area contributed by atoms with E-state index >= 15 is 0 Å². The van der Waals surface area contributed by atoms with Crippen LogP contribution in [0.1, 0.15) is 60.8 Å². The molecule has 4 bridgehead atoms. The molecule has 8 heteroatoms. The molecule has 6 atom stereocenters. The number of nitro groups is 2. The zero-order valence-corrected chi connectivity index (χ0v) is 20.8. The molecule has 4 saturated carbocycles. The van der Waals surface area contributed by atoms with Gasteiger partial charge in [0.25, 0.3) is 5.69 Å². The lowest BCUT2D eigenvalue weighted by atomic mass is 9.62. The van der Waals surface area contributed by atoms with Gasteiger partial charge >= 0.3 is 5.69 Å². The maximum Gasteiger partial charge on any atom is 0.301 e. The molecule has 0 saturated heterocycles. The molecule has 0 aliphatic heterocycles. The van der Waals surface area contributed by atoms with E-state index in [-0.39, 0.29) is 22.5 Å². The molecular formula is C26H34N4O4. The second-order valence-electron chi connectivity index (χ2n) is 12.1. The molecule has 182 valence electrons. The molecule has 0 heterocycles.